The number of aliphatic hydroxyl groups is 1. The molecule has 1 unspecified atom stereocenters. The van der Waals surface area contributed by atoms with E-state index in [1.165, 1.54) is 0 Å². The summed E-state index contributed by atoms with van der Waals surface area (Å²) >= 11 is 0. The van der Waals surface area contributed by atoms with Crippen LogP contribution >= 0.6 is 0 Å². The Morgan fingerprint density at radius 3 is 2.86 bits per heavy atom. The molecule has 0 aromatic heterocycles. The molecule has 0 amide bonds. The van der Waals surface area contributed by atoms with Gasteiger partial charge in [-0.25, -0.2) is 0 Å². The zero-order chi connectivity index (χ0) is 10.6. The van der Waals surface area contributed by atoms with Crippen LogP contribution in [-0.2, 0) is 0 Å². The average molecular weight is 191 g/mol. The topological polar surface area (TPSA) is 53.2 Å². The molecular weight excluding hydrogens is 178 g/mol. The Bertz CT molecular complexity index is 355. The molecule has 0 aliphatic rings. The second-order valence-corrected chi connectivity index (χ2v) is 3.05. The van der Waals surface area contributed by atoms with Gasteiger partial charge in [0.15, 0.2) is 0 Å². The number of hydrogen-bond donors (Lipinski definition) is 1. The molecule has 1 aromatic rings. The second kappa shape index (κ2) is 4.64. The third-order valence-corrected chi connectivity index (χ3v) is 2.19. The molecule has 0 bridgehead atoms. The van der Waals surface area contributed by atoms with Crippen LogP contribution in [0.5, 0.6) is 5.75 Å². The van der Waals surface area contributed by atoms with Gasteiger partial charge in [-0.05, 0) is 24.1 Å². The molecule has 0 aliphatic heterocycles. The standard InChI is InChI=1S/C11H13NO2/c1-8-9(10(13)6-7-12)4-3-5-11(8)14-2/h3-5,10,13H,6H2,1-2H3. The summed E-state index contributed by atoms with van der Waals surface area (Å²) in [7, 11) is 1.59. The highest BCUT2D eigenvalue weighted by molar-refractivity contribution is 5.40. The van der Waals surface area contributed by atoms with E-state index in [1.807, 2.05) is 25.1 Å². The van der Waals surface area contributed by atoms with Gasteiger partial charge in [-0.15, -0.1) is 0 Å². The summed E-state index contributed by atoms with van der Waals surface area (Å²) in [5.74, 6) is 0.736. The van der Waals surface area contributed by atoms with Gasteiger partial charge in [0.2, 0.25) is 0 Å². The van der Waals surface area contributed by atoms with Crippen LogP contribution < -0.4 is 4.74 Å². The Morgan fingerprint density at radius 2 is 2.29 bits per heavy atom. The predicted octanol–water partition coefficient (Wildman–Crippen LogP) is 1.95. The van der Waals surface area contributed by atoms with Crippen LogP contribution in [0.1, 0.15) is 23.7 Å². The molecule has 3 heteroatoms. The number of methoxy groups -OCH3 is 1. The number of benzene rings is 1. The van der Waals surface area contributed by atoms with Crippen molar-refractivity contribution in [3.63, 3.8) is 0 Å². The van der Waals surface area contributed by atoms with E-state index < -0.39 is 6.10 Å². The number of nitriles is 1. The monoisotopic (exact) mass is 191 g/mol. The fourth-order valence-electron chi connectivity index (χ4n) is 1.41. The minimum absolute atomic E-state index is 0.105. The summed E-state index contributed by atoms with van der Waals surface area (Å²) in [6.45, 7) is 1.87. The third-order valence-electron chi connectivity index (χ3n) is 2.19. The van der Waals surface area contributed by atoms with Gasteiger partial charge in [-0.3, -0.25) is 0 Å². The summed E-state index contributed by atoms with van der Waals surface area (Å²) in [6.07, 6.45) is -0.622. The highest BCUT2D eigenvalue weighted by atomic mass is 16.5. The van der Waals surface area contributed by atoms with E-state index in [0.29, 0.717) is 0 Å². The van der Waals surface area contributed by atoms with E-state index in [1.54, 1.807) is 13.2 Å². The fourth-order valence-corrected chi connectivity index (χ4v) is 1.41. The van der Waals surface area contributed by atoms with Gasteiger partial charge in [0, 0.05) is 0 Å². The first-order chi connectivity index (χ1) is 6.70. The van der Waals surface area contributed by atoms with Gasteiger partial charge in [0.05, 0.1) is 25.7 Å². The van der Waals surface area contributed by atoms with Crippen molar-refractivity contribution in [1.29, 1.82) is 5.26 Å². The molecule has 0 fully saturated rings. The lowest BCUT2D eigenvalue weighted by Gasteiger charge is -2.13. The maximum Gasteiger partial charge on any atom is 0.122 e. The van der Waals surface area contributed by atoms with Crippen molar-refractivity contribution < 1.29 is 9.84 Å². The lowest BCUT2D eigenvalue weighted by molar-refractivity contribution is 0.182. The molecule has 74 valence electrons. The van der Waals surface area contributed by atoms with E-state index in [0.717, 1.165) is 16.9 Å². The normalized spacial score (nSPS) is 11.9. The lowest BCUT2D eigenvalue weighted by Crippen LogP contribution is -2.00. The van der Waals surface area contributed by atoms with Crippen LogP contribution in [0, 0.1) is 18.3 Å². The van der Waals surface area contributed by atoms with E-state index in [9.17, 15) is 5.11 Å². The fraction of sp³-hybridized carbons (Fsp3) is 0.364. The summed E-state index contributed by atoms with van der Waals surface area (Å²) < 4.78 is 5.12. The first-order valence-corrected chi connectivity index (χ1v) is 4.39. The molecule has 0 spiro atoms. The highest BCUT2D eigenvalue weighted by Crippen LogP contribution is 2.27. The number of nitrogens with zero attached hydrogens (tertiary/aromatic N) is 1. The summed E-state index contributed by atoms with van der Waals surface area (Å²) in [6, 6.07) is 7.38. The van der Waals surface area contributed by atoms with E-state index in [-0.39, 0.29) is 6.42 Å². The maximum atomic E-state index is 9.64. The molecule has 0 aliphatic carbocycles. The molecule has 14 heavy (non-hydrogen) atoms. The predicted molar refractivity (Wildman–Crippen MR) is 52.9 cm³/mol. The smallest absolute Gasteiger partial charge is 0.122 e. The largest absolute Gasteiger partial charge is 0.496 e. The molecule has 1 N–H and O–H groups in total. The van der Waals surface area contributed by atoms with Crippen molar-refractivity contribution in [2.45, 2.75) is 19.4 Å². The Balaban J connectivity index is 3.04. The second-order valence-electron chi connectivity index (χ2n) is 3.05. The van der Waals surface area contributed by atoms with Crippen molar-refractivity contribution in [2.24, 2.45) is 0 Å². The SMILES string of the molecule is COc1cccc(C(O)CC#N)c1C. The molecule has 1 rings (SSSR count). The zero-order valence-electron chi connectivity index (χ0n) is 8.32. The molecule has 0 saturated carbocycles. The maximum absolute atomic E-state index is 9.64. The van der Waals surface area contributed by atoms with Crippen LogP contribution in [-0.4, -0.2) is 12.2 Å². The molecule has 1 atom stereocenters. The average Bonchev–Trinajstić information content (AvgIpc) is 2.18. The van der Waals surface area contributed by atoms with Crippen LogP contribution in [0.4, 0.5) is 0 Å². The first kappa shape index (κ1) is 10.6. The molecule has 0 radical (unpaired) electrons. The van der Waals surface area contributed by atoms with Gasteiger partial charge < -0.3 is 9.84 Å². The molecule has 0 saturated heterocycles. The summed E-state index contributed by atoms with van der Waals surface area (Å²) in [5.41, 5.74) is 1.64. The number of hydrogen-bond acceptors (Lipinski definition) is 3. The number of ether oxygens (including phenoxy) is 1. The van der Waals surface area contributed by atoms with E-state index in [4.69, 9.17) is 10.00 Å². The van der Waals surface area contributed by atoms with Crippen LogP contribution in [0.3, 0.4) is 0 Å². The van der Waals surface area contributed by atoms with Crippen LogP contribution in [0.25, 0.3) is 0 Å². The van der Waals surface area contributed by atoms with Crippen LogP contribution in [0.15, 0.2) is 18.2 Å². The Morgan fingerprint density at radius 1 is 1.57 bits per heavy atom. The van der Waals surface area contributed by atoms with E-state index in [2.05, 4.69) is 0 Å². The van der Waals surface area contributed by atoms with E-state index >= 15 is 0 Å². The minimum atomic E-state index is -0.727. The lowest BCUT2D eigenvalue weighted by atomic mass is 10.0. The van der Waals surface area contributed by atoms with Gasteiger partial charge in [0.1, 0.15) is 5.75 Å². The van der Waals surface area contributed by atoms with Crippen molar-refractivity contribution in [3.8, 4) is 11.8 Å². The van der Waals surface area contributed by atoms with Crippen molar-refractivity contribution in [3.05, 3.63) is 29.3 Å². The zero-order valence-corrected chi connectivity index (χ0v) is 8.32. The Labute approximate surface area is 83.6 Å². The first-order valence-electron chi connectivity index (χ1n) is 4.39. The summed E-state index contributed by atoms with van der Waals surface area (Å²) in [5, 5.41) is 18.1. The molecule has 3 nitrogen and oxygen atoms in total. The van der Waals surface area contributed by atoms with Gasteiger partial charge in [0.25, 0.3) is 0 Å². The van der Waals surface area contributed by atoms with Crippen molar-refractivity contribution in [1.82, 2.24) is 0 Å². The van der Waals surface area contributed by atoms with Gasteiger partial charge >= 0.3 is 0 Å². The molecule has 0 heterocycles. The Hall–Kier alpha value is -1.53. The number of rotatable bonds is 3. The van der Waals surface area contributed by atoms with Crippen LogP contribution in [0.2, 0.25) is 0 Å². The minimum Gasteiger partial charge on any atom is -0.496 e. The van der Waals surface area contributed by atoms with Crippen molar-refractivity contribution >= 4 is 0 Å². The van der Waals surface area contributed by atoms with Crippen molar-refractivity contribution in [2.75, 3.05) is 7.11 Å². The summed E-state index contributed by atoms with van der Waals surface area (Å²) in [4.78, 5) is 0. The molecular formula is C11H13NO2. The Kier molecular flexibility index (Phi) is 3.49. The number of aliphatic hydroxyl groups excluding tert-OH is 1. The molecule has 1 aromatic carbocycles. The highest BCUT2D eigenvalue weighted by Gasteiger charge is 2.12. The third kappa shape index (κ3) is 2.04. The van der Waals surface area contributed by atoms with Gasteiger partial charge in [-0.2, -0.15) is 5.26 Å². The van der Waals surface area contributed by atoms with Gasteiger partial charge in [-0.1, -0.05) is 12.1 Å². The quantitative estimate of drug-likeness (QED) is 0.794.